The van der Waals surface area contributed by atoms with Crippen LogP contribution in [0.3, 0.4) is 0 Å². The average molecular weight is 352 g/mol. The van der Waals surface area contributed by atoms with Crippen molar-refractivity contribution in [2.45, 2.75) is 26.7 Å². The third-order valence-corrected chi connectivity index (χ3v) is 5.29. The summed E-state index contributed by atoms with van der Waals surface area (Å²) in [6.07, 6.45) is 6.72. The Hall–Kier alpha value is -2.93. The second-order valence-corrected chi connectivity index (χ2v) is 8.20. The Balaban J connectivity index is 1.91. The van der Waals surface area contributed by atoms with Crippen LogP contribution in [0.15, 0.2) is 90.5 Å². The summed E-state index contributed by atoms with van der Waals surface area (Å²) in [6, 6.07) is 22.0. The van der Waals surface area contributed by atoms with Crippen LogP contribution >= 0.6 is 0 Å². The van der Waals surface area contributed by atoms with E-state index in [1.807, 2.05) is 42.5 Å². The zero-order chi connectivity index (χ0) is 19.0. The van der Waals surface area contributed by atoms with E-state index in [9.17, 15) is 4.79 Å². The van der Waals surface area contributed by atoms with Crippen LogP contribution in [0.5, 0.6) is 0 Å². The first-order chi connectivity index (χ1) is 12.9. The quantitative estimate of drug-likeness (QED) is 0.480. The molecule has 27 heavy (non-hydrogen) atoms. The van der Waals surface area contributed by atoms with Crippen molar-refractivity contribution < 1.29 is 4.79 Å². The molecule has 0 saturated heterocycles. The molecule has 3 aromatic carbocycles. The van der Waals surface area contributed by atoms with Gasteiger partial charge in [0, 0.05) is 17.0 Å². The molecule has 0 aromatic heterocycles. The SMILES string of the molecule is CC(C)(C)C1=CC(c2ccc3ccccc3c2C(=O)c2ccccc2)C=C1. The fourth-order valence-electron chi connectivity index (χ4n) is 3.76. The van der Waals surface area contributed by atoms with Gasteiger partial charge in [-0.3, -0.25) is 4.79 Å². The van der Waals surface area contributed by atoms with E-state index in [1.165, 1.54) is 5.57 Å². The molecule has 0 aliphatic heterocycles. The molecule has 134 valence electrons. The highest BCUT2D eigenvalue weighted by Crippen LogP contribution is 2.39. The van der Waals surface area contributed by atoms with Crippen molar-refractivity contribution in [3.05, 3.63) is 107 Å². The van der Waals surface area contributed by atoms with Gasteiger partial charge in [0.1, 0.15) is 0 Å². The lowest BCUT2D eigenvalue weighted by Gasteiger charge is -2.19. The van der Waals surface area contributed by atoms with Gasteiger partial charge in [-0.15, -0.1) is 0 Å². The average Bonchev–Trinajstić information content (AvgIpc) is 3.18. The number of carbonyl (C=O) groups is 1. The van der Waals surface area contributed by atoms with E-state index in [-0.39, 0.29) is 17.1 Å². The summed E-state index contributed by atoms with van der Waals surface area (Å²) in [7, 11) is 0. The number of fused-ring (bicyclic) bond motifs is 1. The highest BCUT2D eigenvalue weighted by atomic mass is 16.1. The van der Waals surface area contributed by atoms with E-state index in [0.29, 0.717) is 0 Å². The van der Waals surface area contributed by atoms with E-state index >= 15 is 0 Å². The fourth-order valence-corrected chi connectivity index (χ4v) is 3.76. The van der Waals surface area contributed by atoms with E-state index in [4.69, 9.17) is 0 Å². The zero-order valence-corrected chi connectivity index (χ0v) is 16.1. The molecule has 0 radical (unpaired) electrons. The summed E-state index contributed by atoms with van der Waals surface area (Å²) >= 11 is 0. The Kier molecular flexibility index (Phi) is 4.31. The minimum absolute atomic E-state index is 0.0911. The first-order valence-corrected chi connectivity index (χ1v) is 9.47. The maximum atomic E-state index is 13.5. The number of benzene rings is 3. The summed E-state index contributed by atoms with van der Waals surface area (Å²) in [5.74, 6) is 0.222. The van der Waals surface area contributed by atoms with Crippen molar-refractivity contribution in [1.82, 2.24) is 0 Å². The second-order valence-electron chi connectivity index (χ2n) is 8.20. The van der Waals surface area contributed by atoms with E-state index in [1.54, 1.807) is 0 Å². The van der Waals surface area contributed by atoms with Crippen molar-refractivity contribution in [3.63, 3.8) is 0 Å². The van der Waals surface area contributed by atoms with Crippen molar-refractivity contribution in [2.24, 2.45) is 5.41 Å². The van der Waals surface area contributed by atoms with Crippen molar-refractivity contribution in [3.8, 4) is 0 Å². The highest BCUT2D eigenvalue weighted by Gasteiger charge is 2.25. The summed E-state index contributed by atoms with van der Waals surface area (Å²) in [6.45, 7) is 6.67. The van der Waals surface area contributed by atoms with Gasteiger partial charge in [0.25, 0.3) is 0 Å². The molecule has 1 nitrogen and oxygen atoms in total. The van der Waals surface area contributed by atoms with Gasteiger partial charge >= 0.3 is 0 Å². The van der Waals surface area contributed by atoms with Gasteiger partial charge in [0.05, 0.1) is 0 Å². The molecule has 0 amide bonds. The maximum absolute atomic E-state index is 13.5. The van der Waals surface area contributed by atoms with Crippen LogP contribution in [0.2, 0.25) is 0 Å². The number of rotatable bonds is 3. The zero-order valence-electron chi connectivity index (χ0n) is 16.1. The number of ketones is 1. The van der Waals surface area contributed by atoms with E-state index in [2.05, 4.69) is 63.3 Å². The number of carbonyl (C=O) groups excluding carboxylic acids is 1. The predicted octanol–water partition coefficient (Wildman–Crippen LogP) is 6.70. The van der Waals surface area contributed by atoms with Crippen molar-refractivity contribution in [1.29, 1.82) is 0 Å². The minimum Gasteiger partial charge on any atom is -0.289 e. The summed E-state index contributed by atoms with van der Waals surface area (Å²) in [5.41, 5.74) is 4.06. The molecule has 0 heterocycles. The Morgan fingerprint density at radius 2 is 1.56 bits per heavy atom. The Morgan fingerprint density at radius 1 is 0.852 bits per heavy atom. The lowest BCUT2D eigenvalue weighted by Crippen LogP contribution is -2.09. The number of hydrogen-bond acceptors (Lipinski definition) is 1. The third kappa shape index (κ3) is 3.26. The number of hydrogen-bond donors (Lipinski definition) is 0. The largest absolute Gasteiger partial charge is 0.289 e. The molecule has 1 aliphatic rings. The first-order valence-electron chi connectivity index (χ1n) is 9.47. The lowest BCUT2D eigenvalue weighted by atomic mass is 9.84. The Bertz CT molecular complexity index is 1060. The van der Waals surface area contributed by atoms with Crippen LogP contribution in [-0.4, -0.2) is 5.78 Å². The molecule has 0 fully saturated rings. The van der Waals surface area contributed by atoms with Gasteiger partial charge in [0.15, 0.2) is 5.78 Å². The standard InChI is InChI=1S/C26H24O/c1-26(2,3)21-15-13-20(17-21)23-16-14-18-9-7-8-12-22(18)24(23)25(27)19-10-5-4-6-11-19/h4-17,20H,1-3H3. The summed E-state index contributed by atoms with van der Waals surface area (Å²) < 4.78 is 0. The smallest absolute Gasteiger partial charge is 0.193 e. The fraction of sp³-hybridized carbons (Fsp3) is 0.192. The van der Waals surface area contributed by atoms with E-state index < -0.39 is 0 Å². The molecule has 1 aliphatic carbocycles. The van der Waals surface area contributed by atoms with Crippen LogP contribution in [0.4, 0.5) is 0 Å². The predicted molar refractivity (Wildman–Crippen MR) is 113 cm³/mol. The molecule has 0 N–H and O–H groups in total. The van der Waals surface area contributed by atoms with Gasteiger partial charge in [-0.2, -0.15) is 0 Å². The third-order valence-electron chi connectivity index (χ3n) is 5.29. The monoisotopic (exact) mass is 352 g/mol. The molecular weight excluding hydrogens is 328 g/mol. The molecule has 4 rings (SSSR count). The van der Waals surface area contributed by atoms with Gasteiger partial charge in [-0.25, -0.2) is 0 Å². The topological polar surface area (TPSA) is 17.1 Å². The Labute approximate surface area is 161 Å². The Morgan fingerprint density at radius 3 is 2.26 bits per heavy atom. The lowest BCUT2D eigenvalue weighted by molar-refractivity contribution is 0.103. The second kappa shape index (κ2) is 6.66. The van der Waals surface area contributed by atoms with Crippen LogP contribution in [0.1, 0.15) is 48.2 Å². The molecule has 0 saturated carbocycles. The van der Waals surface area contributed by atoms with Crippen molar-refractivity contribution >= 4 is 16.6 Å². The van der Waals surface area contributed by atoms with Crippen LogP contribution < -0.4 is 0 Å². The van der Waals surface area contributed by atoms with Gasteiger partial charge < -0.3 is 0 Å². The molecule has 0 spiro atoms. The van der Waals surface area contributed by atoms with Crippen LogP contribution in [0.25, 0.3) is 10.8 Å². The molecular formula is C26H24O. The normalized spacial score (nSPS) is 16.6. The van der Waals surface area contributed by atoms with Crippen LogP contribution in [0, 0.1) is 5.41 Å². The summed E-state index contributed by atoms with van der Waals surface area (Å²) in [4.78, 5) is 13.5. The molecule has 1 heteroatoms. The first kappa shape index (κ1) is 17.5. The maximum Gasteiger partial charge on any atom is 0.193 e. The molecule has 0 bridgehead atoms. The van der Waals surface area contributed by atoms with Gasteiger partial charge in [-0.05, 0) is 27.3 Å². The molecule has 3 aromatic rings. The van der Waals surface area contributed by atoms with Gasteiger partial charge in [-0.1, -0.05) is 106 Å². The molecule has 1 atom stereocenters. The highest BCUT2D eigenvalue weighted by molar-refractivity contribution is 6.17. The summed E-state index contributed by atoms with van der Waals surface area (Å²) in [5, 5.41) is 2.12. The molecule has 1 unspecified atom stereocenters. The van der Waals surface area contributed by atoms with E-state index in [0.717, 1.165) is 27.5 Å². The van der Waals surface area contributed by atoms with Crippen molar-refractivity contribution in [2.75, 3.05) is 0 Å². The minimum atomic E-state index is 0.0911. The number of allylic oxidation sites excluding steroid dienone is 4. The van der Waals surface area contributed by atoms with Crippen LogP contribution in [-0.2, 0) is 0 Å². The van der Waals surface area contributed by atoms with Gasteiger partial charge in [0.2, 0.25) is 0 Å².